The summed E-state index contributed by atoms with van der Waals surface area (Å²) in [7, 11) is 0. The summed E-state index contributed by atoms with van der Waals surface area (Å²) in [6.45, 7) is 10.4. The summed E-state index contributed by atoms with van der Waals surface area (Å²) in [4.78, 5) is 32.9. The van der Waals surface area contributed by atoms with Crippen LogP contribution in [-0.2, 0) is 9.53 Å². The van der Waals surface area contributed by atoms with Gasteiger partial charge in [-0.2, -0.15) is 0 Å². The number of rotatable bonds is 4. The molecule has 0 bridgehead atoms. The summed E-state index contributed by atoms with van der Waals surface area (Å²) >= 11 is 0. The lowest BCUT2D eigenvalue weighted by Gasteiger charge is -2.37. The van der Waals surface area contributed by atoms with Crippen molar-refractivity contribution >= 4 is 17.8 Å². The van der Waals surface area contributed by atoms with E-state index in [-0.39, 0.29) is 11.9 Å². The Morgan fingerprint density at radius 2 is 2.08 bits per heavy atom. The first-order chi connectivity index (χ1) is 12.2. The Kier molecular flexibility index (Phi) is 6.62. The zero-order valence-electron chi connectivity index (χ0n) is 16.6. The molecule has 0 unspecified atom stereocenters. The fraction of sp³-hybridized carbons (Fsp3) is 0.650. The van der Waals surface area contributed by atoms with Gasteiger partial charge in [0.2, 0.25) is 5.91 Å². The molecule has 0 N–H and O–H groups in total. The van der Waals surface area contributed by atoms with Crippen molar-refractivity contribution in [1.82, 2.24) is 9.88 Å². The topological polar surface area (TPSA) is 62.7 Å². The van der Waals surface area contributed by atoms with Gasteiger partial charge in [0.05, 0.1) is 6.04 Å². The van der Waals surface area contributed by atoms with Crippen LogP contribution in [0.1, 0.15) is 71.9 Å². The molecule has 0 spiro atoms. The van der Waals surface area contributed by atoms with E-state index >= 15 is 0 Å². The van der Waals surface area contributed by atoms with E-state index in [9.17, 15) is 9.59 Å². The van der Waals surface area contributed by atoms with Crippen LogP contribution in [0.3, 0.4) is 0 Å². The average molecular weight is 361 g/mol. The highest BCUT2D eigenvalue weighted by molar-refractivity contribution is 5.88. The van der Waals surface area contributed by atoms with Crippen LogP contribution < -0.4 is 4.90 Å². The van der Waals surface area contributed by atoms with Gasteiger partial charge in [-0.3, -0.25) is 9.69 Å². The van der Waals surface area contributed by atoms with E-state index in [1.807, 2.05) is 44.7 Å². The zero-order valence-corrected chi connectivity index (χ0v) is 16.6. The van der Waals surface area contributed by atoms with Gasteiger partial charge in [-0.25, -0.2) is 9.78 Å². The van der Waals surface area contributed by atoms with E-state index in [4.69, 9.17) is 4.74 Å². The summed E-state index contributed by atoms with van der Waals surface area (Å²) in [5.74, 6) is 0.658. The Morgan fingerprint density at radius 3 is 2.69 bits per heavy atom. The van der Waals surface area contributed by atoms with Gasteiger partial charge in [-0.05, 0) is 52.5 Å². The van der Waals surface area contributed by atoms with Gasteiger partial charge < -0.3 is 9.64 Å². The fourth-order valence-corrected chi connectivity index (χ4v) is 3.35. The number of anilines is 1. The standard InChI is InChI=1S/C20H31N3O3/c1-6-13-23(19(25)26-20(3,4)5)18-16(10-9-12-21-18)17-11-7-8-14-22(17)15(2)24/h9-10,12,17H,6-8,11,13-14H2,1-5H3/t17-/m1/s1. The van der Waals surface area contributed by atoms with E-state index < -0.39 is 11.7 Å². The molecule has 144 valence electrons. The molecule has 2 amide bonds. The molecule has 2 heterocycles. The molecule has 6 heteroatoms. The van der Waals surface area contributed by atoms with E-state index in [0.717, 1.165) is 37.8 Å². The molecular weight excluding hydrogens is 330 g/mol. The number of carbonyl (C=O) groups excluding carboxylic acids is 2. The maximum Gasteiger partial charge on any atom is 0.416 e. The molecule has 26 heavy (non-hydrogen) atoms. The lowest BCUT2D eigenvalue weighted by molar-refractivity contribution is -0.132. The minimum atomic E-state index is -0.575. The van der Waals surface area contributed by atoms with Crippen LogP contribution in [0.15, 0.2) is 18.3 Å². The number of amides is 2. The van der Waals surface area contributed by atoms with Crippen molar-refractivity contribution in [3.05, 3.63) is 23.9 Å². The Labute approximate surface area is 156 Å². The first-order valence-corrected chi connectivity index (χ1v) is 9.47. The van der Waals surface area contributed by atoms with Crippen molar-refractivity contribution in [1.29, 1.82) is 0 Å². The molecule has 1 aliphatic rings. The monoisotopic (exact) mass is 361 g/mol. The maximum absolute atomic E-state index is 12.8. The summed E-state index contributed by atoms with van der Waals surface area (Å²) in [5.41, 5.74) is 0.343. The van der Waals surface area contributed by atoms with Gasteiger partial charge in [0.15, 0.2) is 0 Å². The first-order valence-electron chi connectivity index (χ1n) is 9.47. The quantitative estimate of drug-likeness (QED) is 0.802. The zero-order chi connectivity index (χ0) is 19.3. The Bertz CT molecular complexity index is 639. The van der Waals surface area contributed by atoms with Crippen LogP contribution in [-0.4, -0.2) is 40.6 Å². The van der Waals surface area contributed by atoms with Crippen LogP contribution in [0.4, 0.5) is 10.6 Å². The predicted molar refractivity (Wildman–Crippen MR) is 102 cm³/mol. The second-order valence-corrected chi connectivity index (χ2v) is 7.77. The van der Waals surface area contributed by atoms with Crippen molar-refractivity contribution in [3.63, 3.8) is 0 Å². The predicted octanol–water partition coefficient (Wildman–Crippen LogP) is 4.31. The third kappa shape index (κ3) is 4.96. The minimum absolute atomic E-state index is 0.0493. The lowest BCUT2D eigenvalue weighted by atomic mass is 9.95. The number of piperidine rings is 1. The lowest BCUT2D eigenvalue weighted by Crippen LogP contribution is -2.41. The summed E-state index contributed by atoms with van der Waals surface area (Å²) in [6, 6.07) is 3.79. The van der Waals surface area contributed by atoms with Crippen molar-refractivity contribution in [2.45, 2.75) is 71.9 Å². The summed E-state index contributed by atoms with van der Waals surface area (Å²) in [5, 5.41) is 0. The van der Waals surface area contributed by atoms with Gasteiger partial charge in [0.25, 0.3) is 0 Å². The third-order valence-electron chi connectivity index (χ3n) is 4.40. The largest absolute Gasteiger partial charge is 0.443 e. The Hall–Kier alpha value is -2.11. The fourth-order valence-electron chi connectivity index (χ4n) is 3.35. The minimum Gasteiger partial charge on any atom is -0.443 e. The average Bonchev–Trinajstić information content (AvgIpc) is 2.58. The van der Waals surface area contributed by atoms with Gasteiger partial charge in [-0.15, -0.1) is 0 Å². The van der Waals surface area contributed by atoms with Gasteiger partial charge >= 0.3 is 6.09 Å². The Morgan fingerprint density at radius 1 is 1.35 bits per heavy atom. The molecule has 6 nitrogen and oxygen atoms in total. The van der Waals surface area contributed by atoms with Crippen LogP contribution in [0.5, 0.6) is 0 Å². The summed E-state index contributed by atoms with van der Waals surface area (Å²) < 4.78 is 5.59. The van der Waals surface area contributed by atoms with Crippen LogP contribution in [0.25, 0.3) is 0 Å². The van der Waals surface area contributed by atoms with Gasteiger partial charge in [-0.1, -0.05) is 13.0 Å². The molecule has 2 rings (SSSR count). The normalized spacial score (nSPS) is 17.7. The molecule has 0 radical (unpaired) electrons. The second kappa shape index (κ2) is 8.52. The van der Waals surface area contributed by atoms with E-state index in [1.165, 1.54) is 0 Å². The van der Waals surface area contributed by atoms with E-state index in [1.54, 1.807) is 18.0 Å². The van der Waals surface area contributed by atoms with Crippen LogP contribution >= 0.6 is 0 Å². The van der Waals surface area contributed by atoms with Crippen LogP contribution in [0, 0.1) is 0 Å². The molecule has 1 saturated heterocycles. The molecule has 1 aromatic rings. The van der Waals surface area contributed by atoms with Crippen molar-refractivity contribution < 1.29 is 14.3 Å². The second-order valence-electron chi connectivity index (χ2n) is 7.77. The maximum atomic E-state index is 12.8. The first kappa shape index (κ1) is 20.2. The molecule has 0 aliphatic carbocycles. The molecule has 1 aliphatic heterocycles. The number of ether oxygens (including phenoxy) is 1. The molecule has 1 fully saturated rings. The number of aromatic nitrogens is 1. The molecule has 0 aromatic carbocycles. The highest BCUT2D eigenvalue weighted by atomic mass is 16.6. The van der Waals surface area contributed by atoms with Crippen LogP contribution in [0.2, 0.25) is 0 Å². The SMILES string of the molecule is CCCN(C(=O)OC(C)(C)C)c1ncccc1[C@H]1CCCCN1C(C)=O. The number of likely N-dealkylation sites (tertiary alicyclic amines) is 1. The smallest absolute Gasteiger partial charge is 0.416 e. The van der Waals surface area contributed by atoms with Gasteiger partial charge in [0.1, 0.15) is 11.4 Å². The number of nitrogens with zero attached hydrogens (tertiary/aromatic N) is 3. The van der Waals surface area contributed by atoms with E-state index in [2.05, 4.69) is 4.98 Å². The number of hydrogen-bond acceptors (Lipinski definition) is 4. The molecule has 1 atom stereocenters. The number of hydrogen-bond donors (Lipinski definition) is 0. The van der Waals surface area contributed by atoms with E-state index in [0.29, 0.717) is 12.4 Å². The number of carbonyl (C=O) groups is 2. The highest BCUT2D eigenvalue weighted by Gasteiger charge is 2.32. The number of pyridine rings is 1. The summed E-state index contributed by atoms with van der Waals surface area (Å²) in [6.07, 6.45) is 5.03. The molecular formula is C20H31N3O3. The van der Waals surface area contributed by atoms with Crippen molar-refractivity contribution in [3.8, 4) is 0 Å². The van der Waals surface area contributed by atoms with Crippen molar-refractivity contribution in [2.75, 3.05) is 18.0 Å². The van der Waals surface area contributed by atoms with Gasteiger partial charge in [0, 0.05) is 31.8 Å². The molecule has 1 aromatic heterocycles. The van der Waals surface area contributed by atoms with Crippen molar-refractivity contribution in [2.24, 2.45) is 0 Å². The molecule has 0 saturated carbocycles. The highest BCUT2D eigenvalue weighted by Crippen LogP contribution is 2.36. The third-order valence-corrected chi connectivity index (χ3v) is 4.40. The Balaban J connectivity index is 2.41.